The standard InChI is InChI=1S/C14H28N2O3/c1-4-5-15(11-14(17)18)9-13-10-16(6-7-19-13)8-12(2)3/h12-13H,4-11H2,1-3H3,(H,17,18). The Hall–Kier alpha value is -0.650. The van der Waals surface area contributed by atoms with Crippen molar-refractivity contribution in [3.05, 3.63) is 0 Å². The van der Waals surface area contributed by atoms with Crippen molar-refractivity contribution in [3.8, 4) is 0 Å². The van der Waals surface area contributed by atoms with E-state index in [1.54, 1.807) is 0 Å². The number of nitrogens with zero attached hydrogens (tertiary/aromatic N) is 2. The van der Waals surface area contributed by atoms with Gasteiger partial charge >= 0.3 is 5.97 Å². The van der Waals surface area contributed by atoms with Crippen LogP contribution in [0.2, 0.25) is 0 Å². The fourth-order valence-electron chi connectivity index (χ4n) is 2.60. The number of carboxylic acid groups (broad SMARTS) is 1. The Morgan fingerprint density at radius 3 is 2.84 bits per heavy atom. The number of ether oxygens (including phenoxy) is 1. The molecule has 1 saturated heterocycles. The molecule has 0 bridgehead atoms. The quantitative estimate of drug-likeness (QED) is 0.718. The van der Waals surface area contributed by atoms with Crippen LogP contribution in [-0.2, 0) is 9.53 Å². The van der Waals surface area contributed by atoms with Crippen molar-refractivity contribution in [1.82, 2.24) is 9.80 Å². The molecule has 1 atom stereocenters. The summed E-state index contributed by atoms with van der Waals surface area (Å²) in [7, 11) is 0. The van der Waals surface area contributed by atoms with E-state index < -0.39 is 5.97 Å². The lowest BCUT2D eigenvalue weighted by Gasteiger charge is -2.36. The zero-order valence-electron chi connectivity index (χ0n) is 12.5. The van der Waals surface area contributed by atoms with Gasteiger partial charge in [0.1, 0.15) is 0 Å². The van der Waals surface area contributed by atoms with Gasteiger partial charge in [0.2, 0.25) is 0 Å². The summed E-state index contributed by atoms with van der Waals surface area (Å²) in [5.74, 6) is -0.104. The van der Waals surface area contributed by atoms with Crippen molar-refractivity contribution < 1.29 is 14.6 Å². The second kappa shape index (κ2) is 8.51. The Labute approximate surface area is 116 Å². The molecule has 0 amide bonds. The average Bonchev–Trinajstić information content (AvgIpc) is 2.27. The zero-order chi connectivity index (χ0) is 14.3. The predicted octanol–water partition coefficient (Wildman–Crippen LogP) is 1.14. The molecule has 112 valence electrons. The van der Waals surface area contributed by atoms with Gasteiger partial charge in [0.15, 0.2) is 0 Å². The molecule has 0 aromatic rings. The smallest absolute Gasteiger partial charge is 0.317 e. The third kappa shape index (κ3) is 6.89. The number of aliphatic carboxylic acids is 1. The van der Waals surface area contributed by atoms with Gasteiger partial charge in [-0.25, -0.2) is 0 Å². The maximum absolute atomic E-state index is 10.8. The largest absolute Gasteiger partial charge is 0.480 e. The van der Waals surface area contributed by atoms with Crippen molar-refractivity contribution in [1.29, 1.82) is 0 Å². The van der Waals surface area contributed by atoms with E-state index in [1.165, 1.54) is 0 Å². The highest BCUT2D eigenvalue weighted by atomic mass is 16.5. The summed E-state index contributed by atoms with van der Waals surface area (Å²) in [6.45, 7) is 11.9. The second-order valence-corrected chi connectivity index (χ2v) is 5.78. The summed E-state index contributed by atoms with van der Waals surface area (Å²) in [6, 6.07) is 0. The summed E-state index contributed by atoms with van der Waals surface area (Å²) >= 11 is 0. The number of morpholine rings is 1. The van der Waals surface area contributed by atoms with Crippen LogP contribution in [0.15, 0.2) is 0 Å². The molecular formula is C14H28N2O3. The molecule has 1 N–H and O–H groups in total. The second-order valence-electron chi connectivity index (χ2n) is 5.78. The fourth-order valence-corrected chi connectivity index (χ4v) is 2.60. The summed E-state index contributed by atoms with van der Waals surface area (Å²) in [6.07, 6.45) is 1.11. The predicted molar refractivity (Wildman–Crippen MR) is 75.4 cm³/mol. The van der Waals surface area contributed by atoms with Crippen molar-refractivity contribution in [2.24, 2.45) is 5.92 Å². The van der Waals surface area contributed by atoms with Gasteiger partial charge < -0.3 is 9.84 Å². The topological polar surface area (TPSA) is 53.0 Å². The Bertz CT molecular complexity index is 271. The molecule has 1 fully saturated rings. The van der Waals surface area contributed by atoms with E-state index in [0.29, 0.717) is 12.5 Å². The van der Waals surface area contributed by atoms with E-state index in [0.717, 1.165) is 39.2 Å². The van der Waals surface area contributed by atoms with E-state index in [4.69, 9.17) is 9.84 Å². The molecule has 5 heteroatoms. The molecule has 1 aliphatic rings. The number of carbonyl (C=O) groups is 1. The summed E-state index contributed by atoms with van der Waals surface area (Å²) < 4.78 is 5.77. The minimum absolute atomic E-state index is 0.109. The lowest BCUT2D eigenvalue weighted by molar-refractivity contribution is -0.139. The molecule has 0 spiro atoms. The summed E-state index contributed by atoms with van der Waals surface area (Å²) in [5.41, 5.74) is 0. The van der Waals surface area contributed by atoms with Gasteiger partial charge in [-0.2, -0.15) is 0 Å². The van der Waals surface area contributed by atoms with E-state index in [1.807, 2.05) is 4.90 Å². The molecule has 0 aromatic heterocycles. The van der Waals surface area contributed by atoms with Crippen molar-refractivity contribution in [2.75, 3.05) is 45.9 Å². The first-order valence-corrected chi connectivity index (χ1v) is 7.29. The minimum Gasteiger partial charge on any atom is -0.480 e. The summed E-state index contributed by atoms with van der Waals surface area (Å²) in [5, 5.41) is 8.92. The minimum atomic E-state index is -0.761. The number of hydrogen-bond acceptors (Lipinski definition) is 4. The van der Waals surface area contributed by atoms with Crippen LogP contribution in [0.4, 0.5) is 0 Å². The Balaban J connectivity index is 2.41. The highest BCUT2D eigenvalue weighted by molar-refractivity contribution is 5.69. The van der Waals surface area contributed by atoms with Crippen molar-refractivity contribution >= 4 is 5.97 Å². The molecule has 5 nitrogen and oxygen atoms in total. The fraction of sp³-hybridized carbons (Fsp3) is 0.929. The first kappa shape index (κ1) is 16.4. The van der Waals surface area contributed by atoms with Crippen LogP contribution in [0.1, 0.15) is 27.2 Å². The lowest BCUT2D eigenvalue weighted by Crippen LogP contribution is -2.49. The van der Waals surface area contributed by atoms with Crippen LogP contribution in [0.3, 0.4) is 0 Å². The maximum atomic E-state index is 10.8. The molecule has 0 radical (unpaired) electrons. The molecule has 1 rings (SSSR count). The van der Waals surface area contributed by atoms with Crippen LogP contribution in [-0.4, -0.2) is 72.9 Å². The highest BCUT2D eigenvalue weighted by Gasteiger charge is 2.23. The molecule has 1 aliphatic heterocycles. The van der Waals surface area contributed by atoms with Gasteiger partial charge in [-0.15, -0.1) is 0 Å². The van der Waals surface area contributed by atoms with Crippen LogP contribution in [0, 0.1) is 5.92 Å². The number of carboxylic acids is 1. The first-order valence-electron chi connectivity index (χ1n) is 7.29. The maximum Gasteiger partial charge on any atom is 0.317 e. The zero-order valence-corrected chi connectivity index (χ0v) is 12.5. The van der Waals surface area contributed by atoms with Gasteiger partial charge in [0.25, 0.3) is 0 Å². The van der Waals surface area contributed by atoms with Crippen LogP contribution in [0.5, 0.6) is 0 Å². The molecule has 1 unspecified atom stereocenters. The van der Waals surface area contributed by atoms with Gasteiger partial charge in [-0.3, -0.25) is 14.6 Å². The molecule has 0 aliphatic carbocycles. The normalized spacial score (nSPS) is 21.2. The molecular weight excluding hydrogens is 244 g/mol. The Kier molecular flexibility index (Phi) is 7.34. The number of rotatable bonds is 8. The lowest BCUT2D eigenvalue weighted by atomic mass is 10.1. The highest BCUT2D eigenvalue weighted by Crippen LogP contribution is 2.09. The number of hydrogen-bond donors (Lipinski definition) is 1. The molecule has 0 saturated carbocycles. The van der Waals surface area contributed by atoms with Gasteiger partial charge in [0.05, 0.1) is 19.3 Å². The third-order valence-electron chi connectivity index (χ3n) is 3.21. The van der Waals surface area contributed by atoms with Gasteiger partial charge in [-0.05, 0) is 18.9 Å². The molecule has 1 heterocycles. The first-order chi connectivity index (χ1) is 9.01. The van der Waals surface area contributed by atoms with Gasteiger partial charge in [-0.1, -0.05) is 20.8 Å². The van der Waals surface area contributed by atoms with Crippen molar-refractivity contribution in [3.63, 3.8) is 0 Å². The van der Waals surface area contributed by atoms with Crippen LogP contribution < -0.4 is 0 Å². The van der Waals surface area contributed by atoms with E-state index in [-0.39, 0.29) is 12.6 Å². The van der Waals surface area contributed by atoms with Crippen LogP contribution >= 0.6 is 0 Å². The average molecular weight is 272 g/mol. The van der Waals surface area contributed by atoms with Gasteiger partial charge in [0, 0.05) is 26.2 Å². The SMILES string of the molecule is CCCN(CC(=O)O)CC1CN(CC(C)C)CCO1. The van der Waals surface area contributed by atoms with Crippen molar-refractivity contribution in [2.45, 2.75) is 33.3 Å². The molecule has 19 heavy (non-hydrogen) atoms. The third-order valence-corrected chi connectivity index (χ3v) is 3.21. The Morgan fingerprint density at radius 1 is 1.53 bits per heavy atom. The Morgan fingerprint density at radius 2 is 2.26 bits per heavy atom. The van der Waals surface area contributed by atoms with E-state index >= 15 is 0 Å². The molecule has 0 aromatic carbocycles. The van der Waals surface area contributed by atoms with E-state index in [9.17, 15) is 4.79 Å². The van der Waals surface area contributed by atoms with Crippen LogP contribution in [0.25, 0.3) is 0 Å². The monoisotopic (exact) mass is 272 g/mol. The summed E-state index contributed by atoms with van der Waals surface area (Å²) in [4.78, 5) is 15.2. The van der Waals surface area contributed by atoms with E-state index in [2.05, 4.69) is 25.7 Å².